The van der Waals surface area contributed by atoms with Crippen molar-refractivity contribution in [2.75, 3.05) is 18.1 Å². The van der Waals surface area contributed by atoms with E-state index in [1.165, 1.54) is 29.2 Å². The number of amides is 1. The maximum Gasteiger partial charge on any atom is 0.331 e. The largest absolute Gasteiger partial charge is 0.452 e. The summed E-state index contributed by atoms with van der Waals surface area (Å²) >= 11 is 0. The van der Waals surface area contributed by atoms with E-state index in [1.54, 1.807) is 6.07 Å². The molecule has 1 fully saturated rings. The van der Waals surface area contributed by atoms with Crippen molar-refractivity contribution >= 4 is 27.8 Å². The first-order valence-electron chi connectivity index (χ1n) is 8.84. The number of nitrogens with zero attached hydrogens (tertiary/aromatic N) is 1. The number of rotatable bonds is 7. The summed E-state index contributed by atoms with van der Waals surface area (Å²) in [6, 6.07) is 5.39. The molecule has 1 aliphatic rings. The molecule has 0 saturated carbocycles. The molecule has 0 aliphatic carbocycles. The molecule has 6 nitrogen and oxygen atoms in total. The first-order valence-corrected chi connectivity index (χ1v) is 10.7. The number of benzene rings is 1. The maximum absolute atomic E-state index is 13.5. The molecule has 1 aliphatic heterocycles. The standard InChI is InChI=1S/C19H24FNO5S/c1-3-14(2)21(16-10-11-27(24,25)13-16)18(22)12-26-19(23)9-8-15-6-4-5-7-17(15)20/h4-9,14,16H,3,10-13H2,1-2H3/b9-8+/t14-,16-/m1/s1. The van der Waals surface area contributed by atoms with Gasteiger partial charge in [-0.3, -0.25) is 4.79 Å². The Balaban J connectivity index is 1.97. The summed E-state index contributed by atoms with van der Waals surface area (Å²) in [5.74, 6) is -1.68. The summed E-state index contributed by atoms with van der Waals surface area (Å²) in [5, 5.41) is 0. The Hall–Kier alpha value is -2.22. The SMILES string of the molecule is CC[C@@H](C)N(C(=O)COC(=O)/C=C/c1ccccc1F)[C@@H]1CCS(=O)(=O)C1. The molecule has 0 N–H and O–H groups in total. The minimum atomic E-state index is -3.14. The zero-order valence-electron chi connectivity index (χ0n) is 15.4. The molecule has 1 amide bonds. The predicted molar refractivity (Wildman–Crippen MR) is 100 cm³/mol. The van der Waals surface area contributed by atoms with Gasteiger partial charge in [-0.1, -0.05) is 25.1 Å². The first kappa shape index (κ1) is 21.1. The fourth-order valence-corrected chi connectivity index (χ4v) is 4.74. The number of hydrogen-bond acceptors (Lipinski definition) is 5. The Morgan fingerprint density at radius 1 is 1.37 bits per heavy atom. The van der Waals surface area contributed by atoms with Gasteiger partial charge in [0.05, 0.1) is 11.5 Å². The van der Waals surface area contributed by atoms with Crippen LogP contribution >= 0.6 is 0 Å². The number of carbonyl (C=O) groups excluding carboxylic acids is 2. The van der Waals surface area contributed by atoms with Gasteiger partial charge < -0.3 is 9.64 Å². The van der Waals surface area contributed by atoms with Gasteiger partial charge >= 0.3 is 5.97 Å². The van der Waals surface area contributed by atoms with Gasteiger partial charge in [-0.15, -0.1) is 0 Å². The minimum Gasteiger partial charge on any atom is -0.452 e. The molecule has 0 bridgehead atoms. The Morgan fingerprint density at radius 2 is 2.07 bits per heavy atom. The lowest BCUT2D eigenvalue weighted by Crippen LogP contribution is -2.48. The van der Waals surface area contributed by atoms with E-state index in [-0.39, 0.29) is 23.1 Å². The van der Waals surface area contributed by atoms with Crippen molar-refractivity contribution in [3.8, 4) is 0 Å². The summed E-state index contributed by atoms with van der Waals surface area (Å²) in [4.78, 5) is 25.9. The molecule has 1 saturated heterocycles. The van der Waals surface area contributed by atoms with Gasteiger partial charge in [-0.25, -0.2) is 17.6 Å². The van der Waals surface area contributed by atoms with E-state index in [0.29, 0.717) is 12.8 Å². The van der Waals surface area contributed by atoms with Gasteiger partial charge in [0.2, 0.25) is 0 Å². The van der Waals surface area contributed by atoms with Crippen molar-refractivity contribution in [1.82, 2.24) is 4.90 Å². The van der Waals surface area contributed by atoms with Crippen LogP contribution in [0, 0.1) is 5.82 Å². The van der Waals surface area contributed by atoms with Crippen LogP contribution in [0.5, 0.6) is 0 Å². The van der Waals surface area contributed by atoms with Gasteiger partial charge in [0.1, 0.15) is 5.82 Å². The fraction of sp³-hybridized carbons (Fsp3) is 0.474. The second kappa shape index (κ2) is 9.12. The van der Waals surface area contributed by atoms with Gasteiger partial charge in [-0.2, -0.15) is 0 Å². The molecule has 1 aromatic carbocycles. The maximum atomic E-state index is 13.5. The molecule has 148 valence electrons. The number of hydrogen-bond donors (Lipinski definition) is 0. The highest BCUT2D eigenvalue weighted by Crippen LogP contribution is 2.21. The summed E-state index contributed by atoms with van der Waals surface area (Å²) in [6.45, 7) is 3.25. The molecule has 0 radical (unpaired) electrons. The van der Waals surface area contributed by atoms with Crippen LogP contribution in [-0.2, 0) is 24.2 Å². The van der Waals surface area contributed by atoms with Gasteiger partial charge in [0.15, 0.2) is 16.4 Å². The highest BCUT2D eigenvalue weighted by Gasteiger charge is 2.36. The highest BCUT2D eigenvalue weighted by atomic mass is 32.2. The lowest BCUT2D eigenvalue weighted by molar-refractivity contribution is -0.150. The number of carbonyl (C=O) groups is 2. The van der Waals surface area contributed by atoms with Crippen LogP contribution in [0.15, 0.2) is 30.3 Å². The molecule has 2 atom stereocenters. The zero-order valence-corrected chi connectivity index (χ0v) is 16.2. The molecular formula is C19H24FNO5S. The third-order valence-corrected chi connectivity index (χ3v) is 6.35. The summed E-state index contributed by atoms with van der Waals surface area (Å²) in [6.07, 6.45) is 3.38. The normalized spacial score (nSPS) is 19.7. The lowest BCUT2D eigenvalue weighted by atomic mass is 10.1. The van der Waals surface area contributed by atoms with Crippen molar-refractivity contribution < 1.29 is 27.1 Å². The van der Waals surface area contributed by atoms with Gasteiger partial charge in [0.25, 0.3) is 5.91 Å². The molecule has 0 aromatic heterocycles. The third-order valence-electron chi connectivity index (χ3n) is 4.60. The molecule has 2 rings (SSSR count). The van der Waals surface area contributed by atoms with E-state index in [1.807, 2.05) is 13.8 Å². The van der Waals surface area contributed by atoms with E-state index in [4.69, 9.17) is 4.74 Å². The quantitative estimate of drug-likeness (QED) is 0.520. The first-order chi connectivity index (χ1) is 12.7. The monoisotopic (exact) mass is 397 g/mol. The average Bonchev–Trinajstić information content (AvgIpc) is 2.98. The van der Waals surface area contributed by atoms with Crippen LogP contribution in [0.4, 0.5) is 4.39 Å². The van der Waals surface area contributed by atoms with Crippen molar-refractivity contribution in [3.63, 3.8) is 0 Å². The number of esters is 1. The van der Waals surface area contributed by atoms with Crippen LogP contribution in [-0.4, -0.2) is 55.4 Å². The lowest BCUT2D eigenvalue weighted by Gasteiger charge is -2.33. The third kappa shape index (κ3) is 5.89. The topological polar surface area (TPSA) is 80.8 Å². The number of halogens is 1. The number of sulfone groups is 1. The summed E-state index contributed by atoms with van der Waals surface area (Å²) in [7, 11) is -3.14. The Morgan fingerprint density at radius 3 is 2.67 bits per heavy atom. The molecule has 8 heteroatoms. The molecule has 1 aromatic rings. The highest BCUT2D eigenvalue weighted by molar-refractivity contribution is 7.91. The van der Waals surface area contributed by atoms with Crippen LogP contribution in [0.3, 0.4) is 0 Å². The Labute approximate surface area is 158 Å². The van der Waals surface area contributed by atoms with Gasteiger partial charge in [-0.05, 0) is 31.9 Å². The van der Waals surface area contributed by atoms with E-state index in [2.05, 4.69) is 0 Å². The molecule has 27 heavy (non-hydrogen) atoms. The van der Waals surface area contributed by atoms with Crippen LogP contribution in [0.2, 0.25) is 0 Å². The van der Waals surface area contributed by atoms with Crippen LogP contribution < -0.4 is 0 Å². The average molecular weight is 397 g/mol. The van der Waals surface area contributed by atoms with Crippen molar-refractivity contribution in [3.05, 3.63) is 41.7 Å². The molecule has 1 heterocycles. The molecular weight excluding hydrogens is 373 g/mol. The second-order valence-corrected chi connectivity index (χ2v) is 8.81. The molecule has 0 unspecified atom stereocenters. The van der Waals surface area contributed by atoms with Crippen molar-refractivity contribution in [2.24, 2.45) is 0 Å². The minimum absolute atomic E-state index is 0.0586. The molecule has 0 spiro atoms. The zero-order chi connectivity index (χ0) is 20.0. The van der Waals surface area contributed by atoms with Crippen molar-refractivity contribution in [2.45, 2.75) is 38.8 Å². The Bertz CT molecular complexity index is 821. The Kier molecular flexibility index (Phi) is 7.12. The van der Waals surface area contributed by atoms with Crippen LogP contribution in [0.1, 0.15) is 32.3 Å². The van der Waals surface area contributed by atoms with Crippen LogP contribution in [0.25, 0.3) is 6.08 Å². The van der Waals surface area contributed by atoms with Gasteiger partial charge in [0, 0.05) is 23.7 Å². The van der Waals surface area contributed by atoms with E-state index >= 15 is 0 Å². The smallest absolute Gasteiger partial charge is 0.331 e. The fourth-order valence-electron chi connectivity index (χ4n) is 3.02. The predicted octanol–water partition coefficient (Wildman–Crippen LogP) is 2.20. The van der Waals surface area contributed by atoms with E-state index < -0.39 is 40.2 Å². The summed E-state index contributed by atoms with van der Waals surface area (Å²) < 4.78 is 41.9. The summed E-state index contributed by atoms with van der Waals surface area (Å²) in [5.41, 5.74) is 0.234. The number of ether oxygens (including phenoxy) is 1. The van der Waals surface area contributed by atoms with E-state index in [0.717, 1.165) is 6.08 Å². The van der Waals surface area contributed by atoms with Crippen molar-refractivity contribution in [1.29, 1.82) is 0 Å². The second-order valence-electron chi connectivity index (χ2n) is 6.58. The van der Waals surface area contributed by atoms with E-state index in [9.17, 15) is 22.4 Å².